The Morgan fingerprint density at radius 2 is 2.00 bits per heavy atom. The second-order valence-electron chi connectivity index (χ2n) is 7.06. The smallest absolute Gasteiger partial charge is 0.251 e. The van der Waals surface area contributed by atoms with Crippen molar-refractivity contribution in [2.24, 2.45) is 0 Å². The minimum atomic E-state index is -0.256. The molecule has 140 valence electrons. The molecule has 1 aliphatic carbocycles. The summed E-state index contributed by atoms with van der Waals surface area (Å²) < 4.78 is 5.64. The normalized spacial score (nSPS) is 20.5. The molecule has 1 atom stereocenters. The lowest BCUT2D eigenvalue weighted by atomic mass is 9.68. The van der Waals surface area contributed by atoms with Crippen LogP contribution in [-0.2, 0) is 4.79 Å². The van der Waals surface area contributed by atoms with Crippen LogP contribution in [-0.4, -0.2) is 28.4 Å². The van der Waals surface area contributed by atoms with E-state index in [-0.39, 0.29) is 23.4 Å². The average molecular weight is 386 g/mol. The van der Waals surface area contributed by atoms with Crippen molar-refractivity contribution >= 4 is 23.4 Å². The first-order valence-electron chi connectivity index (χ1n) is 9.05. The quantitative estimate of drug-likeness (QED) is 0.844. The van der Waals surface area contributed by atoms with Gasteiger partial charge >= 0.3 is 0 Å². The highest BCUT2D eigenvalue weighted by molar-refractivity contribution is 6.30. The summed E-state index contributed by atoms with van der Waals surface area (Å²) in [5.74, 6) is 0.958. The fraction of sp³-hybridized carbons (Fsp3) is 0.350. The van der Waals surface area contributed by atoms with Crippen molar-refractivity contribution in [2.75, 3.05) is 0 Å². The van der Waals surface area contributed by atoms with Crippen molar-refractivity contribution in [1.29, 1.82) is 0 Å². The number of hydrogen-bond donors (Lipinski definition) is 2. The molecule has 2 fully saturated rings. The Labute approximate surface area is 162 Å². The predicted molar refractivity (Wildman–Crippen MR) is 101 cm³/mol. The second-order valence-corrected chi connectivity index (χ2v) is 7.50. The van der Waals surface area contributed by atoms with Gasteiger partial charge in [-0.05, 0) is 56.0 Å². The lowest BCUT2D eigenvalue weighted by Crippen LogP contribution is -2.68. The number of pyridine rings is 1. The number of piperidine rings is 1. The van der Waals surface area contributed by atoms with Crippen LogP contribution in [0.2, 0.25) is 5.02 Å². The molecule has 1 spiro atoms. The van der Waals surface area contributed by atoms with Crippen LogP contribution in [0.3, 0.4) is 0 Å². The first-order chi connectivity index (χ1) is 13.0. The van der Waals surface area contributed by atoms with Crippen molar-refractivity contribution in [3.8, 4) is 11.6 Å². The molecule has 27 heavy (non-hydrogen) atoms. The Morgan fingerprint density at radius 1 is 1.22 bits per heavy atom. The van der Waals surface area contributed by atoms with Gasteiger partial charge in [0, 0.05) is 24.2 Å². The van der Waals surface area contributed by atoms with Gasteiger partial charge in [0.2, 0.25) is 11.8 Å². The summed E-state index contributed by atoms with van der Waals surface area (Å²) in [4.78, 5) is 28.4. The molecule has 2 aliphatic rings. The predicted octanol–water partition coefficient (Wildman–Crippen LogP) is 3.46. The number of nitrogens with one attached hydrogen (secondary N) is 2. The Kier molecular flexibility index (Phi) is 4.74. The number of benzene rings is 1. The van der Waals surface area contributed by atoms with Gasteiger partial charge in [0.05, 0.1) is 16.6 Å². The first kappa shape index (κ1) is 17.8. The van der Waals surface area contributed by atoms with Crippen LogP contribution in [0, 0.1) is 0 Å². The average Bonchev–Trinajstić information content (AvgIpc) is 2.64. The summed E-state index contributed by atoms with van der Waals surface area (Å²) in [7, 11) is 0. The van der Waals surface area contributed by atoms with Crippen LogP contribution in [0.5, 0.6) is 11.6 Å². The molecule has 0 radical (unpaired) electrons. The Hall–Kier alpha value is -2.60. The van der Waals surface area contributed by atoms with Gasteiger partial charge in [-0.2, -0.15) is 0 Å². The van der Waals surface area contributed by atoms with E-state index < -0.39 is 0 Å². The van der Waals surface area contributed by atoms with Crippen LogP contribution < -0.4 is 15.4 Å². The Balaban J connectivity index is 1.40. The van der Waals surface area contributed by atoms with E-state index in [1.165, 1.54) is 6.20 Å². The lowest BCUT2D eigenvalue weighted by molar-refractivity contribution is -0.127. The topological polar surface area (TPSA) is 80.3 Å². The van der Waals surface area contributed by atoms with Gasteiger partial charge in [-0.25, -0.2) is 4.98 Å². The Bertz CT molecular complexity index is 848. The highest BCUT2D eigenvalue weighted by Gasteiger charge is 2.48. The molecule has 1 aliphatic heterocycles. The van der Waals surface area contributed by atoms with Gasteiger partial charge in [-0.1, -0.05) is 11.6 Å². The molecule has 2 N–H and O–H groups in total. The largest absolute Gasteiger partial charge is 0.439 e. The number of ether oxygens (including phenoxy) is 1. The van der Waals surface area contributed by atoms with E-state index in [9.17, 15) is 9.59 Å². The highest BCUT2D eigenvalue weighted by Crippen LogP contribution is 2.39. The highest BCUT2D eigenvalue weighted by atomic mass is 35.5. The molecule has 1 saturated heterocycles. The zero-order valence-corrected chi connectivity index (χ0v) is 15.5. The van der Waals surface area contributed by atoms with E-state index in [0.717, 1.165) is 19.3 Å². The monoisotopic (exact) mass is 385 g/mol. The summed E-state index contributed by atoms with van der Waals surface area (Å²) in [6, 6.07) is 10.2. The molecule has 4 rings (SSSR count). The van der Waals surface area contributed by atoms with Crippen LogP contribution >= 0.6 is 11.6 Å². The minimum absolute atomic E-state index is 0.0226. The fourth-order valence-electron chi connectivity index (χ4n) is 3.68. The van der Waals surface area contributed by atoms with Gasteiger partial charge in [0.25, 0.3) is 5.91 Å². The third kappa shape index (κ3) is 3.76. The maximum atomic E-state index is 12.6. The van der Waals surface area contributed by atoms with E-state index in [1.54, 1.807) is 36.4 Å². The van der Waals surface area contributed by atoms with Crippen molar-refractivity contribution in [3.05, 3.63) is 53.2 Å². The molecule has 2 aromatic rings. The lowest BCUT2D eigenvalue weighted by Gasteiger charge is -2.50. The van der Waals surface area contributed by atoms with Crippen LogP contribution in [0.1, 0.15) is 42.5 Å². The molecular formula is C20H20ClN3O3. The molecule has 6 nitrogen and oxygen atoms in total. The molecule has 2 amide bonds. The SMILES string of the molecule is O=C1CCC(NC(=O)c2ccc(Oc3ccc(Cl)cn3)cc2)C2(CCC2)N1. The maximum Gasteiger partial charge on any atom is 0.251 e. The number of amides is 2. The number of nitrogens with zero attached hydrogens (tertiary/aromatic N) is 1. The van der Waals surface area contributed by atoms with E-state index in [1.807, 2.05) is 0 Å². The summed E-state index contributed by atoms with van der Waals surface area (Å²) in [5, 5.41) is 6.73. The van der Waals surface area contributed by atoms with E-state index in [0.29, 0.717) is 35.1 Å². The van der Waals surface area contributed by atoms with Gasteiger partial charge in [0.15, 0.2) is 0 Å². The molecule has 2 heterocycles. The van der Waals surface area contributed by atoms with Crippen LogP contribution in [0.15, 0.2) is 42.6 Å². The van der Waals surface area contributed by atoms with Gasteiger partial charge in [0.1, 0.15) is 5.75 Å². The van der Waals surface area contributed by atoms with Crippen LogP contribution in [0.25, 0.3) is 0 Å². The third-order valence-electron chi connectivity index (χ3n) is 5.31. The summed E-state index contributed by atoms with van der Waals surface area (Å²) >= 11 is 5.81. The minimum Gasteiger partial charge on any atom is -0.439 e. The van der Waals surface area contributed by atoms with Gasteiger partial charge in [-0.3, -0.25) is 9.59 Å². The molecular weight excluding hydrogens is 366 g/mol. The van der Waals surface area contributed by atoms with Crippen molar-refractivity contribution in [2.45, 2.75) is 43.7 Å². The van der Waals surface area contributed by atoms with E-state index >= 15 is 0 Å². The third-order valence-corrected chi connectivity index (χ3v) is 5.53. The van der Waals surface area contributed by atoms with E-state index in [4.69, 9.17) is 16.3 Å². The van der Waals surface area contributed by atoms with Gasteiger partial charge < -0.3 is 15.4 Å². The second kappa shape index (κ2) is 7.19. The standard InChI is InChI=1S/C20H20ClN3O3/c21-14-4-9-18(22-12-14)27-15-5-2-13(3-6-15)19(26)23-16-7-8-17(25)24-20(16)10-1-11-20/h2-6,9,12,16H,1,7-8,10-11H2,(H,23,26)(H,24,25). The number of hydrogen-bond acceptors (Lipinski definition) is 4. The molecule has 1 aromatic heterocycles. The maximum absolute atomic E-state index is 12.6. The summed E-state index contributed by atoms with van der Waals surface area (Å²) in [5.41, 5.74) is 0.298. The molecule has 1 unspecified atom stereocenters. The summed E-state index contributed by atoms with van der Waals surface area (Å²) in [6.45, 7) is 0. The number of carbonyl (C=O) groups is 2. The van der Waals surface area contributed by atoms with Crippen molar-refractivity contribution in [3.63, 3.8) is 0 Å². The van der Waals surface area contributed by atoms with E-state index in [2.05, 4.69) is 15.6 Å². The zero-order chi connectivity index (χ0) is 18.9. The molecule has 1 aromatic carbocycles. The van der Waals surface area contributed by atoms with Crippen LogP contribution in [0.4, 0.5) is 0 Å². The molecule has 1 saturated carbocycles. The Morgan fingerprint density at radius 3 is 2.63 bits per heavy atom. The zero-order valence-electron chi connectivity index (χ0n) is 14.7. The molecule has 7 heteroatoms. The summed E-state index contributed by atoms with van der Waals surface area (Å²) in [6.07, 6.45) is 5.57. The molecule has 0 bridgehead atoms. The number of aromatic nitrogens is 1. The van der Waals surface area contributed by atoms with Crippen molar-refractivity contribution in [1.82, 2.24) is 15.6 Å². The number of carbonyl (C=O) groups excluding carboxylic acids is 2. The number of rotatable bonds is 4. The van der Waals surface area contributed by atoms with Gasteiger partial charge in [-0.15, -0.1) is 0 Å². The first-order valence-corrected chi connectivity index (χ1v) is 9.43. The number of halogens is 1. The fourth-order valence-corrected chi connectivity index (χ4v) is 3.79. The van der Waals surface area contributed by atoms with Crippen molar-refractivity contribution < 1.29 is 14.3 Å².